The van der Waals surface area contributed by atoms with Crippen molar-refractivity contribution in [3.8, 4) is 0 Å². The molecular weight excluding hydrogens is 248 g/mol. The summed E-state index contributed by atoms with van der Waals surface area (Å²) in [7, 11) is 0. The number of carboxylic acids is 1. The minimum atomic E-state index is -0.785. The van der Waals surface area contributed by atoms with E-state index in [0.29, 0.717) is 5.75 Å². The fourth-order valence-electron chi connectivity index (χ4n) is 1.60. The van der Waals surface area contributed by atoms with Gasteiger partial charge in [-0.15, -0.1) is 16.9 Å². The second-order valence-corrected chi connectivity index (χ2v) is 5.20. The molecule has 0 aliphatic rings. The van der Waals surface area contributed by atoms with Crippen LogP contribution >= 0.6 is 11.8 Å². The summed E-state index contributed by atoms with van der Waals surface area (Å²) in [6, 6.07) is 7.91. The van der Waals surface area contributed by atoms with Crippen molar-refractivity contribution in [3.63, 3.8) is 0 Å². The van der Waals surface area contributed by atoms with Crippen LogP contribution in [0.1, 0.15) is 12.6 Å². The monoisotopic (exact) mass is 262 g/mol. The lowest BCUT2D eigenvalue weighted by molar-refractivity contribution is -0.140. The van der Waals surface area contributed by atoms with Crippen LogP contribution in [0.25, 0.3) is 10.8 Å². The first-order valence-electron chi connectivity index (χ1n) is 5.67. The minimum absolute atomic E-state index is 0.392. The van der Waals surface area contributed by atoms with Crippen molar-refractivity contribution in [3.05, 3.63) is 30.0 Å². The minimum Gasteiger partial charge on any atom is -0.481 e. The van der Waals surface area contributed by atoms with Gasteiger partial charge in [-0.1, -0.05) is 31.2 Å². The van der Waals surface area contributed by atoms with Crippen LogP contribution in [0.15, 0.2) is 29.3 Å². The molecule has 2 aromatic rings. The van der Waals surface area contributed by atoms with E-state index in [1.165, 1.54) is 11.8 Å². The Balaban J connectivity index is 2.29. The molecule has 0 saturated carbocycles. The molecule has 2 rings (SSSR count). The van der Waals surface area contributed by atoms with E-state index in [-0.39, 0.29) is 0 Å². The van der Waals surface area contributed by atoms with Crippen LogP contribution in [0.4, 0.5) is 0 Å². The Labute approximate surface area is 109 Å². The zero-order valence-electron chi connectivity index (χ0n) is 10.3. The summed E-state index contributed by atoms with van der Waals surface area (Å²) in [6.45, 7) is 3.61. The van der Waals surface area contributed by atoms with Crippen LogP contribution < -0.4 is 0 Å². The predicted octanol–water partition coefficient (Wildman–Crippen LogP) is 2.75. The van der Waals surface area contributed by atoms with Gasteiger partial charge < -0.3 is 5.11 Å². The van der Waals surface area contributed by atoms with Gasteiger partial charge in [-0.2, -0.15) is 5.10 Å². The Morgan fingerprint density at radius 3 is 2.67 bits per heavy atom. The maximum Gasteiger partial charge on any atom is 0.307 e. The lowest BCUT2D eigenvalue weighted by atomic mass is 10.1. The van der Waals surface area contributed by atoms with Gasteiger partial charge in [0.1, 0.15) is 5.03 Å². The van der Waals surface area contributed by atoms with Crippen molar-refractivity contribution in [2.24, 2.45) is 5.92 Å². The molecule has 0 bridgehead atoms. The molecule has 1 aromatic heterocycles. The lowest BCUT2D eigenvalue weighted by Crippen LogP contribution is -2.12. The molecular formula is C13H14N2O2S. The topological polar surface area (TPSA) is 63.1 Å². The third-order valence-electron chi connectivity index (χ3n) is 2.73. The van der Waals surface area contributed by atoms with E-state index in [1.54, 1.807) is 6.92 Å². The van der Waals surface area contributed by atoms with Crippen molar-refractivity contribution in [1.82, 2.24) is 10.2 Å². The molecule has 0 aliphatic heterocycles. The number of aliphatic carboxylic acids is 1. The Morgan fingerprint density at radius 2 is 2.00 bits per heavy atom. The van der Waals surface area contributed by atoms with Gasteiger partial charge in [-0.05, 0) is 6.92 Å². The highest BCUT2D eigenvalue weighted by atomic mass is 32.2. The molecule has 0 amide bonds. The van der Waals surface area contributed by atoms with Gasteiger partial charge in [0.2, 0.25) is 0 Å². The summed E-state index contributed by atoms with van der Waals surface area (Å²) in [5, 5.41) is 20.0. The van der Waals surface area contributed by atoms with Crippen LogP contribution in [0.2, 0.25) is 0 Å². The summed E-state index contributed by atoms with van der Waals surface area (Å²) in [6.07, 6.45) is 0. The molecule has 1 atom stereocenters. The standard InChI is InChI=1S/C13H14N2O2S/c1-8(13(16)17)7-18-12-11-6-4-3-5-10(11)9(2)14-15-12/h3-6,8H,7H2,1-2H3,(H,16,17). The van der Waals surface area contributed by atoms with Gasteiger partial charge in [0.25, 0.3) is 0 Å². The predicted molar refractivity (Wildman–Crippen MR) is 71.8 cm³/mol. The second kappa shape index (κ2) is 5.35. The molecule has 1 N–H and O–H groups in total. The van der Waals surface area contributed by atoms with Crippen molar-refractivity contribution in [1.29, 1.82) is 0 Å². The number of rotatable bonds is 4. The molecule has 1 heterocycles. The van der Waals surface area contributed by atoms with Crippen LogP contribution in [-0.2, 0) is 4.79 Å². The highest BCUT2D eigenvalue weighted by Crippen LogP contribution is 2.27. The molecule has 1 aromatic carbocycles. The number of fused-ring (bicyclic) bond motifs is 1. The molecule has 18 heavy (non-hydrogen) atoms. The van der Waals surface area contributed by atoms with E-state index in [4.69, 9.17) is 5.11 Å². The van der Waals surface area contributed by atoms with Gasteiger partial charge >= 0.3 is 5.97 Å². The van der Waals surface area contributed by atoms with Gasteiger partial charge in [-0.3, -0.25) is 4.79 Å². The van der Waals surface area contributed by atoms with Gasteiger partial charge in [0.15, 0.2) is 0 Å². The van der Waals surface area contributed by atoms with Crippen LogP contribution in [0, 0.1) is 12.8 Å². The van der Waals surface area contributed by atoms with Gasteiger partial charge in [0.05, 0.1) is 11.6 Å². The third-order valence-corrected chi connectivity index (χ3v) is 3.97. The summed E-state index contributed by atoms with van der Waals surface area (Å²) >= 11 is 1.44. The molecule has 0 saturated heterocycles. The van der Waals surface area contributed by atoms with Crippen LogP contribution in [0.3, 0.4) is 0 Å². The molecule has 0 fully saturated rings. The van der Waals surface area contributed by atoms with Crippen molar-refractivity contribution < 1.29 is 9.90 Å². The molecule has 5 heteroatoms. The fraction of sp³-hybridized carbons (Fsp3) is 0.308. The van der Waals surface area contributed by atoms with E-state index in [1.807, 2.05) is 31.2 Å². The Hall–Kier alpha value is -1.62. The average molecular weight is 262 g/mol. The number of carbonyl (C=O) groups is 1. The van der Waals surface area contributed by atoms with Crippen LogP contribution in [-0.4, -0.2) is 27.0 Å². The number of aryl methyl sites for hydroxylation is 1. The van der Waals surface area contributed by atoms with E-state index < -0.39 is 11.9 Å². The largest absolute Gasteiger partial charge is 0.481 e. The third kappa shape index (κ3) is 2.61. The second-order valence-electron chi connectivity index (χ2n) is 4.19. The quantitative estimate of drug-likeness (QED) is 0.858. The smallest absolute Gasteiger partial charge is 0.307 e. The number of hydrogen-bond donors (Lipinski definition) is 1. The zero-order chi connectivity index (χ0) is 13.1. The summed E-state index contributed by atoms with van der Waals surface area (Å²) < 4.78 is 0. The molecule has 94 valence electrons. The molecule has 1 unspecified atom stereocenters. The number of aromatic nitrogens is 2. The number of benzene rings is 1. The first-order chi connectivity index (χ1) is 8.59. The first kappa shape index (κ1) is 12.8. The fourth-order valence-corrected chi connectivity index (χ4v) is 2.58. The molecule has 0 spiro atoms. The Bertz CT molecular complexity index is 586. The van der Waals surface area contributed by atoms with E-state index in [0.717, 1.165) is 21.5 Å². The number of thioether (sulfide) groups is 1. The van der Waals surface area contributed by atoms with Crippen molar-refractivity contribution in [2.45, 2.75) is 18.9 Å². The Kier molecular flexibility index (Phi) is 3.81. The van der Waals surface area contributed by atoms with E-state index in [2.05, 4.69) is 10.2 Å². The summed E-state index contributed by atoms with van der Waals surface area (Å²) in [5.41, 5.74) is 0.890. The molecule has 0 aliphatic carbocycles. The molecule has 0 radical (unpaired) electrons. The first-order valence-corrected chi connectivity index (χ1v) is 6.65. The zero-order valence-corrected chi connectivity index (χ0v) is 11.1. The summed E-state index contributed by atoms with van der Waals surface area (Å²) in [4.78, 5) is 10.8. The number of nitrogens with zero attached hydrogens (tertiary/aromatic N) is 2. The van der Waals surface area contributed by atoms with Gasteiger partial charge in [-0.25, -0.2) is 0 Å². The number of carboxylic acid groups (broad SMARTS) is 1. The highest BCUT2D eigenvalue weighted by molar-refractivity contribution is 7.99. The van der Waals surface area contributed by atoms with E-state index >= 15 is 0 Å². The van der Waals surface area contributed by atoms with Gasteiger partial charge in [0, 0.05) is 16.5 Å². The van der Waals surface area contributed by atoms with Crippen molar-refractivity contribution in [2.75, 3.05) is 5.75 Å². The highest BCUT2D eigenvalue weighted by Gasteiger charge is 2.13. The Morgan fingerprint density at radius 1 is 1.33 bits per heavy atom. The average Bonchev–Trinajstić information content (AvgIpc) is 2.38. The van der Waals surface area contributed by atoms with Crippen molar-refractivity contribution >= 4 is 28.5 Å². The SMILES string of the molecule is Cc1nnc(SCC(C)C(=O)O)c2ccccc12. The number of hydrogen-bond acceptors (Lipinski definition) is 4. The van der Waals surface area contributed by atoms with E-state index in [9.17, 15) is 4.79 Å². The normalized spacial score (nSPS) is 12.6. The maximum atomic E-state index is 10.8. The molecule has 4 nitrogen and oxygen atoms in total. The maximum absolute atomic E-state index is 10.8. The lowest BCUT2D eigenvalue weighted by Gasteiger charge is -2.08. The van der Waals surface area contributed by atoms with Crippen LogP contribution in [0.5, 0.6) is 0 Å². The summed E-state index contributed by atoms with van der Waals surface area (Å²) in [5.74, 6) is -0.680.